The largest absolute Gasteiger partial charge is 0.244 e. The minimum Gasteiger partial charge on any atom is -0.233 e. The first-order chi connectivity index (χ1) is 11.6. The molecule has 3 rings (SSSR count). The van der Waals surface area contributed by atoms with Crippen molar-refractivity contribution in [1.82, 2.24) is 9.13 Å². The smallest absolute Gasteiger partial charge is 0.233 e. The Labute approximate surface area is 143 Å². The molecule has 0 atom stereocenters. The first-order valence-electron chi connectivity index (χ1n) is 8.02. The van der Waals surface area contributed by atoms with E-state index in [0.29, 0.717) is 0 Å². The van der Waals surface area contributed by atoms with Gasteiger partial charge in [0.15, 0.2) is 11.4 Å². The predicted molar refractivity (Wildman–Crippen MR) is 96.0 cm³/mol. The fourth-order valence-electron chi connectivity index (χ4n) is 2.90. The summed E-state index contributed by atoms with van der Waals surface area (Å²) in [5.74, 6) is 0. The molecule has 24 heavy (non-hydrogen) atoms. The van der Waals surface area contributed by atoms with E-state index in [1.54, 1.807) is 0 Å². The van der Waals surface area contributed by atoms with E-state index in [-0.39, 0.29) is 0 Å². The Morgan fingerprint density at radius 3 is 1.46 bits per heavy atom. The maximum atomic E-state index is 3.83. The number of aryl methyl sites for hydroxylation is 2. The first-order valence-corrected chi connectivity index (χ1v) is 8.02. The summed E-state index contributed by atoms with van der Waals surface area (Å²) in [5, 5.41) is 0. The van der Waals surface area contributed by atoms with Gasteiger partial charge in [0.2, 0.25) is 12.7 Å². The minimum atomic E-state index is 0.862. The maximum absolute atomic E-state index is 3.83. The Morgan fingerprint density at radius 2 is 1.17 bits per heavy atom. The van der Waals surface area contributed by atoms with Gasteiger partial charge in [0.1, 0.15) is 25.5 Å². The van der Waals surface area contributed by atoms with Gasteiger partial charge in [-0.3, -0.25) is 0 Å². The summed E-state index contributed by atoms with van der Waals surface area (Å²) in [6, 6.07) is 8.78. The van der Waals surface area contributed by atoms with E-state index in [4.69, 9.17) is 0 Å². The minimum absolute atomic E-state index is 0.862. The molecule has 0 saturated carbocycles. The van der Waals surface area contributed by atoms with Crippen LogP contribution in [0.15, 0.2) is 62.5 Å². The highest BCUT2D eigenvalue weighted by atomic mass is 15.1. The van der Waals surface area contributed by atoms with Crippen molar-refractivity contribution in [3.63, 3.8) is 0 Å². The number of hydrogen-bond donors (Lipinski definition) is 0. The van der Waals surface area contributed by atoms with Crippen molar-refractivity contribution in [1.29, 1.82) is 0 Å². The molecular weight excluding hydrogens is 296 g/mol. The molecule has 122 valence electrons. The summed E-state index contributed by atoms with van der Waals surface area (Å²) in [4.78, 5) is 0. The maximum Gasteiger partial charge on any atom is 0.244 e. The lowest BCUT2D eigenvalue weighted by Crippen LogP contribution is -2.32. The predicted octanol–water partition coefficient (Wildman–Crippen LogP) is 2.32. The van der Waals surface area contributed by atoms with E-state index >= 15 is 0 Å². The summed E-state index contributed by atoms with van der Waals surface area (Å²) in [5.41, 5.74) is 4.81. The highest BCUT2D eigenvalue weighted by molar-refractivity contribution is 5.39. The molecule has 0 fully saturated rings. The van der Waals surface area contributed by atoms with Gasteiger partial charge in [0.05, 0.1) is 14.1 Å². The molecule has 0 radical (unpaired) electrons. The zero-order valence-electron chi connectivity index (χ0n) is 14.4. The van der Waals surface area contributed by atoms with E-state index in [0.717, 1.165) is 24.5 Å². The van der Waals surface area contributed by atoms with Gasteiger partial charge in [-0.25, -0.2) is 18.3 Å². The van der Waals surface area contributed by atoms with Crippen LogP contribution in [-0.2, 0) is 27.2 Å². The van der Waals surface area contributed by atoms with Crippen molar-refractivity contribution in [3.8, 4) is 0 Å². The van der Waals surface area contributed by atoms with Crippen molar-refractivity contribution in [3.05, 3.63) is 85.0 Å². The van der Waals surface area contributed by atoms with Crippen LogP contribution in [0.5, 0.6) is 0 Å². The topological polar surface area (TPSA) is 17.6 Å². The van der Waals surface area contributed by atoms with Gasteiger partial charge in [0, 0.05) is 0 Å². The molecular formula is C20H24N4+2. The fourth-order valence-corrected chi connectivity index (χ4v) is 2.90. The molecule has 0 aliphatic rings. The van der Waals surface area contributed by atoms with E-state index in [2.05, 4.69) is 80.7 Å². The van der Waals surface area contributed by atoms with Crippen LogP contribution in [0.25, 0.3) is 12.2 Å². The quantitative estimate of drug-likeness (QED) is 0.621. The number of benzene rings is 1. The Morgan fingerprint density at radius 1 is 0.792 bits per heavy atom. The Bertz CT molecular complexity index is 792. The van der Waals surface area contributed by atoms with Crippen molar-refractivity contribution < 1.29 is 9.13 Å². The second-order valence-corrected chi connectivity index (χ2v) is 6.13. The van der Waals surface area contributed by atoms with Crippen molar-refractivity contribution in [2.45, 2.75) is 13.1 Å². The highest BCUT2D eigenvalue weighted by Crippen LogP contribution is 2.06. The Hall–Kier alpha value is -2.88. The van der Waals surface area contributed by atoms with Crippen LogP contribution in [0.4, 0.5) is 0 Å². The molecule has 4 heteroatoms. The number of imidazole rings is 2. The van der Waals surface area contributed by atoms with Crippen LogP contribution in [-0.4, -0.2) is 9.13 Å². The average Bonchev–Trinajstić information content (AvgIpc) is 3.11. The molecule has 3 aromatic rings. The molecule has 0 aliphatic heterocycles. The van der Waals surface area contributed by atoms with Gasteiger partial charge in [0.25, 0.3) is 0 Å². The van der Waals surface area contributed by atoms with Crippen LogP contribution in [0, 0.1) is 0 Å². The Kier molecular flexibility index (Phi) is 4.47. The molecule has 0 spiro atoms. The van der Waals surface area contributed by atoms with Crippen LogP contribution < -0.4 is 9.13 Å². The second-order valence-electron chi connectivity index (χ2n) is 6.13. The molecule has 0 aliphatic carbocycles. The average molecular weight is 320 g/mol. The number of rotatable bonds is 6. The van der Waals surface area contributed by atoms with Gasteiger partial charge >= 0.3 is 0 Å². The molecule has 0 saturated heterocycles. The first kappa shape index (κ1) is 16.0. The van der Waals surface area contributed by atoms with Crippen molar-refractivity contribution in [2.24, 2.45) is 14.1 Å². The zero-order valence-corrected chi connectivity index (χ0v) is 14.4. The van der Waals surface area contributed by atoms with E-state index in [1.165, 1.54) is 11.1 Å². The molecule has 4 nitrogen and oxygen atoms in total. The summed E-state index contributed by atoms with van der Waals surface area (Å²) in [7, 11) is 4.07. The van der Waals surface area contributed by atoms with Gasteiger partial charge in [-0.05, 0) is 23.3 Å². The normalized spacial score (nSPS) is 10.8. The Balaban J connectivity index is 1.70. The summed E-state index contributed by atoms with van der Waals surface area (Å²) in [6.45, 7) is 9.39. The second kappa shape index (κ2) is 6.71. The van der Waals surface area contributed by atoms with Crippen LogP contribution in [0.1, 0.15) is 22.5 Å². The van der Waals surface area contributed by atoms with E-state index < -0.39 is 0 Å². The number of nitrogens with zero attached hydrogens (tertiary/aromatic N) is 4. The van der Waals surface area contributed by atoms with Gasteiger partial charge < -0.3 is 0 Å². The van der Waals surface area contributed by atoms with Gasteiger partial charge in [-0.1, -0.05) is 37.4 Å². The highest BCUT2D eigenvalue weighted by Gasteiger charge is 2.09. The van der Waals surface area contributed by atoms with Crippen LogP contribution in [0.2, 0.25) is 0 Å². The standard InChI is InChI=1S/C20H24N4/c1-5-19-13-23(15-21(19)3)11-17-7-9-18(10-8-17)12-24-14-20(6-2)22(4)16-24/h5-10,13-16H,1-2,11-12H2,3-4H3/q+2. The van der Waals surface area contributed by atoms with Crippen LogP contribution in [0.3, 0.4) is 0 Å². The molecule has 0 unspecified atom stereocenters. The monoisotopic (exact) mass is 320 g/mol. The third kappa shape index (κ3) is 3.38. The lowest BCUT2D eigenvalue weighted by molar-refractivity contribution is -0.688. The molecule has 2 aromatic heterocycles. The molecule has 0 N–H and O–H groups in total. The lowest BCUT2D eigenvalue weighted by Gasteiger charge is -2.01. The summed E-state index contributed by atoms with van der Waals surface area (Å²) in [6.07, 6.45) is 12.1. The van der Waals surface area contributed by atoms with Gasteiger partial charge in [-0.15, -0.1) is 0 Å². The van der Waals surface area contributed by atoms with Gasteiger partial charge in [-0.2, -0.15) is 0 Å². The third-order valence-corrected chi connectivity index (χ3v) is 4.23. The van der Waals surface area contributed by atoms with Crippen LogP contribution >= 0.6 is 0 Å². The molecule has 1 aromatic carbocycles. The number of hydrogen-bond acceptors (Lipinski definition) is 0. The summed E-state index contributed by atoms with van der Waals surface area (Å²) >= 11 is 0. The fraction of sp³-hybridized carbons (Fsp3) is 0.200. The number of aromatic nitrogens is 4. The van der Waals surface area contributed by atoms with E-state index in [9.17, 15) is 0 Å². The molecule has 0 bridgehead atoms. The SMILES string of the molecule is C=Cc1c[n+](Cc2ccc(C[n+]3cc(C=C)n(C)c3)cc2)cn1C. The van der Waals surface area contributed by atoms with Crippen molar-refractivity contribution in [2.75, 3.05) is 0 Å². The zero-order chi connectivity index (χ0) is 17.1. The summed E-state index contributed by atoms with van der Waals surface area (Å²) < 4.78 is 8.50. The molecule has 0 amide bonds. The van der Waals surface area contributed by atoms with Crippen molar-refractivity contribution >= 4 is 12.2 Å². The lowest BCUT2D eigenvalue weighted by atomic mass is 10.1. The molecule has 2 heterocycles. The van der Waals surface area contributed by atoms with E-state index in [1.807, 2.05) is 26.2 Å². The third-order valence-electron chi connectivity index (χ3n) is 4.23.